The van der Waals surface area contributed by atoms with E-state index in [1.807, 2.05) is 42.9 Å². The summed E-state index contributed by atoms with van der Waals surface area (Å²) in [5.74, 6) is 8.49. The summed E-state index contributed by atoms with van der Waals surface area (Å²) < 4.78 is 4.09. The first-order valence-electron chi connectivity index (χ1n) is 24.6. The second-order valence-electron chi connectivity index (χ2n) is 19.8. The molecule has 2 aliphatic rings. The average Bonchev–Trinajstić information content (AvgIpc) is 4.06. The van der Waals surface area contributed by atoms with Crippen LogP contribution in [-0.4, -0.2) is 104 Å². The number of nitrogen functional groups attached to an aromatic ring is 1. The summed E-state index contributed by atoms with van der Waals surface area (Å²) in [6.07, 6.45) is 12.8. The van der Waals surface area contributed by atoms with E-state index in [1.165, 1.54) is 12.7 Å². The van der Waals surface area contributed by atoms with Crippen LogP contribution in [0, 0.1) is 13.8 Å². The Balaban J connectivity index is 0.909. The van der Waals surface area contributed by atoms with Gasteiger partial charge in [0.2, 0.25) is 0 Å². The van der Waals surface area contributed by atoms with Crippen molar-refractivity contribution in [1.82, 2.24) is 59.0 Å². The van der Waals surface area contributed by atoms with Gasteiger partial charge in [0, 0.05) is 87.0 Å². The van der Waals surface area contributed by atoms with Crippen molar-refractivity contribution in [3.8, 4) is 0 Å². The standard InChI is InChI=1S/C52H64N16O2/c1-31(2)64-16-12-39(13-17-64)68-42(27-66(54)49-43(47(53)56-29-59-49)21-35-24-61-62-25-35)23-38-11-10-36(34(5)45(38)52(68)70)20-33(4)65-18-14-40(15-19-65)67-41(22-37-9-7-8-32(3)44(37)51(67)69)26-63(6)50-46-48(57-28-55-46)58-30-60-50/h7-11,22-25,28-31,33,39-40H,12-21,26-27,54H2,1-6H3,(H,61,62)(H2,53,56,59)(H,55,57,58,60). The zero-order valence-electron chi connectivity index (χ0n) is 41.1. The predicted octanol–water partition coefficient (Wildman–Crippen LogP) is 6.12. The van der Waals surface area contributed by atoms with Gasteiger partial charge < -0.3 is 34.6 Å². The second-order valence-corrected chi connectivity index (χ2v) is 19.8. The zero-order chi connectivity index (χ0) is 48.8. The fourth-order valence-electron chi connectivity index (χ4n) is 11.3. The molecule has 8 aromatic rings. The molecule has 6 N–H and O–H groups in total. The maximum absolute atomic E-state index is 15.2. The summed E-state index contributed by atoms with van der Waals surface area (Å²) >= 11 is 0. The first-order valence-corrected chi connectivity index (χ1v) is 24.6. The number of hydrogen-bond acceptors (Lipinski definition) is 14. The van der Waals surface area contributed by atoms with Crippen LogP contribution >= 0.6 is 0 Å². The number of rotatable bonds is 14. The van der Waals surface area contributed by atoms with E-state index in [-0.39, 0.29) is 35.8 Å². The topological polar surface area (TPSA) is 218 Å². The SMILES string of the molecule is Cc1cccc2cc(CN(C)c3ncnc4nc[nH]c34)n(C3CCN(C(C)Cc4ccc5cc(CN(N)c6ncnc(N)c6Cc6cn[nH]c6)n(C6CCN(C(C)C)CC6)c(=O)c5c4C)CC3)c(=O)c12. The van der Waals surface area contributed by atoms with Crippen molar-refractivity contribution in [2.75, 3.05) is 48.9 Å². The Labute approximate surface area is 406 Å². The van der Waals surface area contributed by atoms with Crippen LogP contribution in [0.1, 0.15) is 97.7 Å². The van der Waals surface area contributed by atoms with Crippen molar-refractivity contribution in [3.63, 3.8) is 0 Å². The van der Waals surface area contributed by atoms with Crippen LogP contribution in [0.2, 0.25) is 0 Å². The van der Waals surface area contributed by atoms with Gasteiger partial charge in [0.25, 0.3) is 11.1 Å². The molecule has 0 bridgehead atoms. The highest BCUT2D eigenvalue weighted by Crippen LogP contribution is 2.33. The van der Waals surface area contributed by atoms with Crippen molar-refractivity contribution in [3.05, 3.63) is 134 Å². The number of H-pyrrole nitrogens is 2. The van der Waals surface area contributed by atoms with Crippen LogP contribution in [0.15, 0.2) is 83.4 Å². The summed E-state index contributed by atoms with van der Waals surface area (Å²) in [7, 11) is 1.99. The molecule has 18 heteroatoms. The van der Waals surface area contributed by atoms with Gasteiger partial charge in [-0.15, -0.1) is 0 Å². The second kappa shape index (κ2) is 19.4. The van der Waals surface area contributed by atoms with Gasteiger partial charge in [-0.3, -0.25) is 19.7 Å². The summed E-state index contributed by atoms with van der Waals surface area (Å²) in [6.45, 7) is 15.1. The summed E-state index contributed by atoms with van der Waals surface area (Å²) in [5.41, 5.74) is 14.4. The molecule has 0 spiro atoms. The van der Waals surface area contributed by atoms with Crippen LogP contribution in [-0.2, 0) is 25.9 Å². The van der Waals surface area contributed by atoms with Gasteiger partial charge in [-0.05, 0) is 112 Å². The number of aryl methyl sites for hydroxylation is 2. The highest BCUT2D eigenvalue weighted by molar-refractivity contribution is 5.87. The maximum Gasteiger partial charge on any atom is 0.259 e. The molecule has 6 aromatic heterocycles. The number of nitrogens with one attached hydrogen (secondary N) is 2. The van der Waals surface area contributed by atoms with Gasteiger partial charge in [0.05, 0.1) is 36.4 Å². The molecule has 2 aliphatic heterocycles. The largest absolute Gasteiger partial charge is 0.383 e. The smallest absolute Gasteiger partial charge is 0.259 e. The minimum absolute atomic E-state index is 0.0130. The molecular formula is C52H64N16O2. The Morgan fingerprint density at radius 3 is 2.14 bits per heavy atom. The molecule has 364 valence electrons. The van der Waals surface area contributed by atoms with Crippen LogP contribution in [0.3, 0.4) is 0 Å². The molecule has 1 unspecified atom stereocenters. The van der Waals surface area contributed by atoms with E-state index in [2.05, 4.69) is 111 Å². The number of nitrogens with two attached hydrogens (primary N) is 2. The number of pyridine rings is 2. The molecule has 70 heavy (non-hydrogen) atoms. The van der Waals surface area contributed by atoms with Crippen molar-refractivity contribution in [1.29, 1.82) is 0 Å². The number of aromatic amines is 2. The van der Waals surface area contributed by atoms with Gasteiger partial charge in [-0.2, -0.15) is 5.10 Å². The minimum Gasteiger partial charge on any atom is -0.383 e. The zero-order valence-corrected chi connectivity index (χ0v) is 41.1. The van der Waals surface area contributed by atoms with Crippen LogP contribution in [0.4, 0.5) is 17.5 Å². The lowest BCUT2D eigenvalue weighted by Crippen LogP contribution is -2.43. The summed E-state index contributed by atoms with van der Waals surface area (Å²) in [6, 6.07) is 15.4. The number of imidazole rings is 1. The highest BCUT2D eigenvalue weighted by Gasteiger charge is 2.30. The number of benzene rings is 2. The number of likely N-dealkylation sites (tertiary alicyclic amines) is 2. The molecule has 0 amide bonds. The van der Waals surface area contributed by atoms with Crippen molar-refractivity contribution >= 4 is 50.2 Å². The molecule has 18 nitrogen and oxygen atoms in total. The number of aromatic nitrogens is 10. The molecule has 8 heterocycles. The van der Waals surface area contributed by atoms with Gasteiger partial charge in [-0.1, -0.05) is 30.3 Å². The fraction of sp³-hybridized carbons (Fsp3) is 0.423. The molecule has 0 aliphatic carbocycles. The third kappa shape index (κ3) is 8.90. The van der Waals surface area contributed by atoms with E-state index >= 15 is 4.79 Å². The monoisotopic (exact) mass is 945 g/mol. The maximum atomic E-state index is 15.2. The lowest BCUT2D eigenvalue weighted by molar-refractivity contribution is 0.140. The van der Waals surface area contributed by atoms with Crippen molar-refractivity contribution in [2.45, 2.75) is 110 Å². The van der Waals surface area contributed by atoms with E-state index in [1.54, 1.807) is 17.5 Å². The van der Waals surface area contributed by atoms with E-state index in [0.29, 0.717) is 41.9 Å². The third-order valence-electron chi connectivity index (χ3n) is 15.1. The van der Waals surface area contributed by atoms with E-state index < -0.39 is 0 Å². The van der Waals surface area contributed by atoms with Crippen LogP contribution < -0.4 is 32.6 Å². The lowest BCUT2D eigenvalue weighted by atomic mass is 9.94. The van der Waals surface area contributed by atoms with Crippen molar-refractivity contribution in [2.24, 2.45) is 5.84 Å². The Morgan fingerprint density at radius 2 is 1.44 bits per heavy atom. The number of hydrazine groups is 1. The van der Waals surface area contributed by atoms with Gasteiger partial charge >= 0.3 is 0 Å². The Morgan fingerprint density at radius 1 is 0.786 bits per heavy atom. The van der Waals surface area contributed by atoms with Crippen LogP contribution in [0.25, 0.3) is 32.7 Å². The molecule has 10 rings (SSSR count). The predicted molar refractivity (Wildman–Crippen MR) is 276 cm³/mol. The molecule has 0 radical (unpaired) electrons. The molecule has 2 saturated heterocycles. The van der Waals surface area contributed by atoms with Crippen LogP contribution in [0.5, 0.6) is 0 Å². The fourth-order valence-corrected chi connectivity index (χ4v) is 11.3. The molecular weight excluding hydrogens is 881 g/mol. The number of nitrogens with zero attached hydrogens (tertiary/aromatic N) is 12. The molecule has 1 atom stereocenters. The number of fused-ring (bicyclic) bond motifs is 3. The van der Waals surface area contributed by atoms with Gasteiger partial charge in [0.15, 0.2) is 17.3 Å². The third-order valence-corrected chi connectivity index (χ3v) is 15.1. The first-order chi connectivity index (χ1) is 33.8. The van der Waals surface area contributed by atoms with E-state index in [9.17, 15) is 4.79 Å². The average molecular weight is 945 g/mol. The Hall–Kier alpha value is -7.02. The summed E-state index contributed by atoms with van der Waals surface area (Å²) in [5, 5.41) is 11.9. The number of hydrogen-bond donors (Lipinski definition) is 4. The van der Waals surface area contributed by atoms with E-state index in [0.717, 1.165) is 125 Å². The van der Waals surface area contributed by atoms with Gasteiger partial charge in [0.1, 0.15) is 24.0 Å². The lowest BCUT2D eigenvalue weighted by Gasteiger charge is -2.38. The number of anilines is 3. The Bertz CT molecular complexity index is 3290. The molecule has 2 fully saturated rings. The number of piperidine rings is 2. The normalized spacial score (nSPS) is 16.0. The summed E-state index contributed by atoms with van der Waals surface area (Å²) in [4.78, 5) is 62.2. The minimum atomic E-state index is 0.0130. The van der Waals surface area contributed by atoms with Gasteiger partial charge in [-0.25, -0.2) is 30.8 Å². The Kier molecular flexibility index (Phi) is 12.9. The highest BCUT2D eigenvalue weighted by atomic mass is 16.1. The first kappa shape index (κ1) is 46.7. The molecule has 2 aromatic carbocycles. The van der Waals surface area contributed by atoms with Crippen molar-refractivity contribution < 1.29 is 0 Å². The molecule has 0 saturated carbocycles. The quantitative estimate of drug-likeness (QED) is 0.0714. The van der Waals surface area contributed by atoms with E-state index in [4.69, 9.17) is 11.6 Å².